The van der Waals surface area contributed by atoms with E-state index in [0.29, 0.717) is 0 Å². The summed E-state index contributed by atoms with van der Waals surface area (Å²) in [7, 11) is 0. The second-order valence-corrected chi connectivity index (χ2v) is 5.04. The van der Waals surface area contributed by atoms with Crippen LogP contribution in [0, 0.1) is 0 Å². The summed E-state index contributed by atoms with van der Waals surface area (Å²) in [6.45, 7) is 6.38. The molecule has 3 heteroatoms. The average Bonchev–Trinajstić information content (AvgIpc) is 2.89. The van der Waals surface area contributed by atoms with Gasteiger partial charge in [-0.05, 0) is 25.3 Å². The van der Waals surface area contributed by atoms with Crippen LogP contribution in [0.1, 0.15) is 50.4 Å². The molecule has 1 heterocycles. The Morgan fingerprint density at radius 2 is 1.79 bits per heavy atom. The second kappa shape index (κ2) is 5.47. The second-order valence-electron chi connectivity index (χ2n) is 5.04. The van der Waals surface area contributed by atoms with E-state index in [0.717, 1.165) is 35.7 Å². The lowest BCUT2D eigenvalue weighted by Gasteiger charge is -2.31. The Labute approximate surface area is 114 Å². The van der Waals surface area contributed by atoms with Gasteiger partial charge in [0, 0.05) is 22.6 Å². The van der Waals surface area contributed by atoms with Crippen LogP contribution in [-0.2, 0) is 0 Å². The Morgan fingerprint density at radius 3 is 2.42 bits per heavy atom. The molecule has 0 aliphatic carbocycles. The van der Waals surface area contributed by atoms with Crippen molar-refractivity contribution in [3.8, 4) is 0 Å². The number of aromatic amines is 1. The molecular formula is C16H22N2O. The molecule has 0 atom stereocenters. The number of hydrogen-bond donors (Lipinski definition) is 2. The monoisotopic (exact) mass is 258 g/mol. The number of para-hydroxylation sites is 1. The summed E-state index contributed by atoms with van der Waals surface area (Å²) < 4.78 is 0. The molecule has 0 saturated heterocycles. The summed E-state index contributed by atoms with van der Waals surface area (Å²) in [6.07, 6.45) is 4.65. The predicted octanol–water partition coefficient (Wildman–Crippen LogP) is 3.87. The van der Waals surface area contributed by atoms with Crippen LogP contribution in [0.3, 0.4) is 0 Å². The largest absolute Gasteiger partial charge is 0.360 e. The molecule has 0 spiro atoms. The standard InChI is InChI=1S/C16H22N2O/c1-4-16(5-2,6-3)18-15(19)13-11-17-14-10-8-7-9-12(13)14/h7-11,17H,4-6H2,1-3H3,(H,18,19). The highest BCUT2D eigenvalue weighted by molar-refractivity contribution is 6.06. The molecule has 3 nitrogen and oxygen atoms in total. The van der Waals surface area contributed by atoms with E-state index >= 15 is 0 Å². The lowest BCUT2D eigenvalue weighted by atomic mass is 9.89. The summed E-state index contributed by atoms with van der Waals surface area (Å²) in [5, 5.41) is 4.20. The van der Waals surface area contributed by atoms with Gasteiger partial charge in [0.1, 0.15) is 0 Å². The van der Waals surface area contributed by atoms with Crippen LogP contribution in [0.15, 0.2) is 30.5 Å². The third kappa shape index (κ3) is 2.50. The van der Waals surface area contributed by atoms with Gasteiger partial charge in [-0.25, -0.2) is 0 Å². The fourth-order valence-electron chi connectivity index (χ4n) is 2.58. The Morgan fingerprint density at radius 1 is 1.16 bits per heavy atom. The molecule has 0 radical (unpaired) electrons. The van der Waals surface area contributed by atoms with Gasteiger partial charge in [-0.1, -0.05) is 39.0 Å². The summed E-state index contributed by atoms with van der Waals surface area (Å²) in [6, 6.07) is 7.89. The molecule has 0 aliphatic heterocycles. The van der Waals surface area contributed by atoms with E-state index < -0.39 is 0 Å². The molecule has 0 aliphatic rings. The van der Waals surface area contributed by atoms with Gasteiger partial charge in [0.05, 0.1) is 5.56 Å². The number of aromatic nitrogens is 1. The normalized spacial score (nSPS) is 11.7. The van der Waals surface area contributed by atoms with Crippen molar-refractivity contribution in [2.75, 3.05) is 0 Å². The minimum atomic E-state index is -0.0878. The van der Waals surface area contributed by atoms with E-state index in [-0.39, 0.29) is 11.4 Å². The van der Waals surface area contributed by atoms with Gasteiger partial charge in [0.15, 0.2) is 0 Å². The van der Waals surface area contributed by atoms with Gasteiger partial charge in [-0.3, -0.25) is 4.79 Å². The average molecular weight is 258 g/mol. The zero-order chi connectivity index (χ0) is 13.9. The number of carbonyl (C=O) groups is 1. The van der Waals surface area contributed by atoms with Gasteiger partial charge in [-0.2, -0.15) is 0 Å². The van der Waals surface area contributed by atoms with Gasteiger partial charge in [0.2, 0.25) is 0 Å². The molecule has 0 fully saturated rings. The van der Waals surface area contributed by atoms with E-state index in [1.807, 2.05) is 24.3 Å². The van der Waals surface area contributed by atoms with Crippen molar-refractivity contribution in [3.05, 3.63) is 36.0 Å². The van der Waals surface area contributed by atoms with Crippen molar-refractivity contribution in [1.29, 1.82) is 0 Å². The van der Waals surface area contributed by atoms with E-state index in [1.165, 1.54) is 0 Å². The lowest BCUT2D eigenvalue weighted by molar-refractivity contribution is 0.0890. The quantitative estimate of drug-likeness (QED) is 0.840. The number of amides is 1. The Bertz CT molecular complexity index is 559. The Hall–Kier alpha value is -1.77. The first-order chi connectivity index (χ1) is 9.15. The van der Waals surface area contributed by atoms with Crippen LogP contribution in [0.25, 0.3) is 10.9 Å². The van der Waals surface area contributed by atoms with Crippen LogP contribution < -0.4 is 5.32 Å². The molecule has 1 aromatic heterocycles. The molecule has 1 aromatic carbocycles. The molecule has 1 amide bonds. The van der Waals surface area contributed by atoms with Crippen molar-refractivity contribution in [3.63, 3.8) is 0 Å². The van der Waals surface area contributed by atoms with Crippen LogP contribution in [0.5, 0.6) is 0 Å². The van der Waals surface area contributed by atoms with Gasteiger partial charge in [-0.15, -0.1) is 0 Å². The molecule has 2 rings (SSSR count). The minimum absolute atomic E-state index is 0.0167. The highest BCUT2D eigenvalue weighted by Crippen LogP contribution is 2.22. The fraction of sp³-hybridized carbons (Fsp3) is 0.438. The number of fused-ring (bicyclic) bond motifs is 1. The molecule has 2 aromatic rings. The van der Waals surface area contributed by atoms with Crippen molar-refractivity contribution < 1.29 is 4.79 Å². The Balaban J connectivity index is 2.29. The maximum absolute atomic E-state index is 12.5. The first kappa shape index (κ1) is 13.7. The minimum Gasteiger partial charge on any atom is -0.360 e. The number of rotatable bonds is 5. The summed E-state index contributed by atoms with van der Waals surface area (Å²) >= 11 is 0. The van der Waals surface area contributed by atoms with Gasteiger partial charge in [0.25, 0.3) is 5.91 Å². The molecule has 2 N–H and O–H groups in total. The number of benzene rings is 1. The molecule has 0 bridgehead atoms. The fourth-order valence-corrected chi connectivity index (χ4v) is 2.58. The summed E-state index contributed by atoms with van der Waals surface area (Å²) in [5.41, 5.74) is 1.65. The molecule has 19 heavy (non-hydrogen) atoms. The van der Waals surface area contributed by atoms with Gasteiger partial charge < -0.3 is 10.3 Å². The highest BCUT2D eigenvalue weighted by atomic mass is 16.1. The maximum atomic E-state index is 12.5. The first-order valence-electron chi connectivity index (χ1n) is 7.04. The van der Waals surface area contributed by atoms with Crippen molar-refractivity contribution >= 4 is 16.8 Å². The molecular weight excluding hydrogens is 236 g/mol. The zero-order valence-electron chi connectivity index (χ0n) is 11.9. The van der Waals surface area contributed by atoms with Crippen LogP contribution in [-0.4, -0.2) is 16.4 Å². The van der Waals surface area contributed by atoms with Crippen LogP contribution in [0.2, 0.25) is 0 Å². The third-order valence-corrected chi connectivity index (χ3v) is 4.24. The van der Waals surface area contributed by atoms with Crippen LogP contribution >= 0.6 is 0 Å². The molecule has 0 saturated carbocycles. The Kier molecular flexibility index (Phi) is 3.93. The van der Waals surface area contributed by atoms with E-state index in [1.54, 1.807) is 6.20 Å². The smallest absolute Gasteiger partial charge is 0.253 e. The third-order valence-electron chi connectivity index (χ3n) is 4.24. The summed E-state index contributed by atoms with van der Waals surface area (Å²) in [5.74, 6) is 0.0167. The van der Waals surface area contributed by atoms with Crippen molar-refractivity contribution in [2.24, 2.45) is 0 Å². The number of carbonyl (C=O) groups excluding carboxylic acids is 1. The summed E-state index contributed by atoms with van der Waals surface area (Å²) in [4.78, 5) is 15.6. The number of H-pyrrole nitrogens is 1. The zero-order valence-corrected chi connectivity index (χ0v) is 11.9. The van der Waals surface area contributed by atoms with Crippen molar-refractivity contribution in [1.82, 2.24) is 10.3 Å². The lowest BCUT2D eigenvalue weighted by Crippen LogP contribution is -2.47. The highest BCUT2D eigenvalue weighted by Gasteiger charge is 2.27. The van der Waals surface area contributed by atoms with E-state index in [2.05, 4.69) is 31.1 Å². The van der Waals surface area contributed by atoms with Crippen LogP contribution in [0.4, 0.5) is 0 Å². The van der Waals surface area contributed by atoms with E-state index in [9.17, 15) is 4.79 Å². The van der Waals surface area contributed by atoms with E-state index in [4.69, 9.17) is 0 Å². The molecule has 102 valence electrons. The van der Waals surface area contributed by atoms with Gasteiger partial charge >= 0.3 is 0 Å². The topological polar surface area (TPSA) is 44.9 Å². The maximum Gasteiger partial charge on any atom is 0.253 e. The SMILES string of the molecule is CCC(CC)(CC)NC(=O)c1c[nH]c2ccccc12. The number of hydrogen-bond acceptors (Lipinski definition) is 1. The molecule has 0 unspecified atom stereocenters. The first-order valence-corrected chi connectivity index (χ1v) is 7.04. The van der Waals surface area contributed by atoms with Crippen molar-refractivity contribution in [2.45, 2.75) is 45.6 Å². The predicted molar refractivity (Wildman–Crippen MR) is 79.4 cm³/mol. The number of nitrogens with one attached hydrogen (secondary N) is 2.